The Balaban J connectivity index is 2.31. The number of hydrogen-bond donors (Lipinski definition) is 0. The van der Waals surface area contributed by atoms with Crippen LogP contribution in [0.15, 0.2) is 30.5 Å². The molecule has 0 radical (unpaired) electrons. The summed E-state index contributed by atoms with van der Waals surface area (Å²) in [6.45, 7) is 2.03. The Bertz CT molecular complexity index is 502. The van der Waals surface area contributed by atoms with Crippen LogP contribution in [-0.4, -0.2) is 18.1 Å². The molecule has 2 rings (SSSR count). The summed E-state index contributed by atoms with van der Waals surface area (Å²) in [6, 6.07) is 8.04. The van der Waals surface area contributed by atoms with Crippen molar-refractivity contribution in [2.45, 2.75) is 6.92 Å². The van der Waals surface area contributed by atoms with E-state index < -0.39 is 0 Å². The van der Waals surface area contributed by atoms with Crippen LogP contribution in [-0.2, 0) is 4.74 Å². The summed E-state index contributed by atoms with van der Waals surface area (Å²) in [5, 5.41) is 0.834. The fraction of sp³-hybridized carbons (Fsp3) is 0.167. The molecule has 1 heterocycles. The number of rotatable bonds is 2. The molecule has 0 fully saturated rings. The van der Waals surface area contributed by atoms with Crippen LogP contribution in [0.5, 0.6) is 0 Å². The predicted molar refractivity (Wildman–Crippen MR) is 63.6 cm³/mol. The van der Waals surface area contributed by atoms with E-state index in [0.29, 0.717) is 4.88 Å². The molecule has 0 saturated carbocycles. The predicted octanol–water partition coefficient (Wildman–Crippen LogP) is 2.91. The third kappa shape index (κ3) is 2.12. The molecule has 0 unspecified atom stereocenters. The quantitative estimate of drug-likeness (QED) is 0.749. The Labute approximate surface area is 97.7 Å². The Kier molecular flexibility index (Phi) is 3.01. The summed E-state index contributed by atoms with van der Waals surface area (Å²) < 4.78 is 4.64. The normalized spacial score (nSPS) is 10.1. The first-order valence-electron chi connectivity index (χ1n) is 4.82. The highest BCUT2D eigenvalue weighted by molar-refractivity contribution is 7.16. The first kappa shape index (κ1) is 10.8. The first-order valence-corrected chi connectivity index (χ1v) is 5.63. The molecule has 4 heteroatoms. The number of methoxy groups -OCH3 is 1. The summed E-state index contributed by atoms with van der Waals surface area (Å²) >= 11 is 1.34. The molecular formula is C12H11NO2S. The van der Waals surface area contributed by atoms with E-state index in [0.717, 1.165) is 10.6 Å². The number of aromatic nitrogens is 1. The van der Waals surface area contributed by atoms with Gasteiger partial charge in [-0.1, -0.05) is 29.8 Å². The maximum absolute atomic E-state index is 11.3. The summed E-state index contributed by atoms with van der Waals surface area (Å²) in [6.07, 6.45) is 1.55. The molecule has 0 aliphatic rings. The van der Waals surface area contributed by atoms with Crippen molar-refractivity contribution < 1.29 is 9.53 Å². The molecule has 0 N–H and O–H groups in total. The van der Waals surface area contributed by atoms with Crippen LogP contribution in [0.3, 0.4) is 0 Å². The number of carbonyl (C=O) groups excluding carboxylic acids is 1. The smallest absolute Gasteiger partial charge is 0.349 e. The van der Waals surface area contributed by atoms with E-state index in [1.54, 1.807) is 6.20 Å². The van der Waals surface area contributed by atoms with Gasteiger partial charge in [0.05, 0.1) is 13.3 Å². The van der Waals surface area contributed by atoms with Crippen molar-refractivity contribution in [1.29, 1.82) is 0 Å². The Morgan fingerprint density at radius 1 is 1.31 bits per heavy atom. The van der Waals surface area contributed by atoms with Crippen molar-refractivity contribution in [3.63, 3.8) is 0 Å². The van der Waals surface area contributed by atoms with Gasteiger partial charge in [0.1, 0.15) is 9.88 Å². The lowest BCUT2D eigenvalue weighted by atomic mass is 10.2. The van der Waals surface area contributed by atoms with Gasteiger partial charge in [-0.05, 0) is 6.92 Å². The van der Waals surface area contributed by atoms with E-state index in [1.165, 1.54) is 24.0 Å². The molecule has 0 atom stereocenters. The molecule has 82 valence electrons. The lowest BCUT2D eigenvalue weighted by molar-refractivity contribution is 0.0606. The van der Waals surface area contributed by atoms with Gasteiger partial charge in [0.15, 0.2) is 0 Å². The van der Waals surface area contributed by atoms with Gasteiger partial charge in [-0.2, -0.15) is 0 Å². The van der Waals surface area contributed by atoms with Gasteiger partial charge in [0.25, 0.3) is 0 Å². The second-order valence-corrected chi connectivity index (χ2v) is 4.42. The highest BCUT2D eigenvalue weighted by atomic mass is 32.1. The average molecular weight is 233 g/mol. The molecule has 0 aliphatic carbocycles. The Hall–Kier alpha value is -1.68. The van der Waals surface area contributed by atoms with Crippen molar-refractivity contribution in [1.82, 2.24) is 4.98 Å². The Morgan fingerprint density at radius 3 is 2.62 bits per heavy atom. The molecule has 0 saturated heterocycles. The summed E-state index contributed by atoms with van der Waals surface area (Å²) in [7, 11) is 1.37. The first-order chi connectivity index (χ1) is 7.70. The summed E-state index contributed by atoms with van der Waals surface area (Å²) in [5.74, 6) is -0.337. The van der Waals surface area contributed by atoms with Crippen LogP contribution in [0.25, 0.3) is 10.6 Å². The van der Waals surface area contributed by atoms with Crippen LogP contribution in [0.2, 0.25) is 0 Å². The zero-order valence-corrected chi connectivity index (χ0v) is 9.88. The Morgan fingerprint density at radius 2 is 2.00 bits per heavy atom. The van der Waals surface area contributed by atoms with Crippen molar-refractivity contribution in [2.75, 3.05) is 7.11 Å². The molecule has 0 amide bonds. The third-order valence-corrected chi connectivity index (χ3v) is 3.22. The van der Waals surface area contributed by atoms with E-state index in [2.05, 4.69) is 9.72 Å². The SMILES string of the molecule is COC(=O)c1cnc(-c2ccc(C)cc2)s1. The number of esters is 1. The molecule has 0 bridgehead atoms. The third-order valence-electron chi connectivity index (χ3n) is 2.19. The lowest BCUT2D eigenvalue weighted by Gasteiger charge is -1.96. The van der Waals surface area contributed by atoms with E-state index in [1.807, 2.05) is 31.2 Å². The van der Waals surface area contributed by atoms with Crippen molar-refractivity contribution in [2.24, 2.45) is 0 Å². The van der Waals surface area contributed by atoms with Crippen molar-refractivity contribution in [3.05, 3.63) is 40.9 Å². The highest BCUT2D eigenvalue weighted by Gasteiger charge is 2.11. The van der Waals surface area contributed by atoms with Crippen molar-refractivity contribution >= 4 is 17.3 Å². The zero-order valence-electron chi connectivity index (χ0n) is 9.06. The molecule has 0 spiro atoms. The lowest BCUT2D eigenvalue weighted by Crippen LogP contribution is -1.96. The standard InChI is InChI=1S/C12H11NO2S/c1-8-3-5-9(6-4-8)11-13-7-10(16-11)12(14)15-2/h3-7H,1-2H3. The highest BCUT2D eigenvalue weighted by Crippen LogP contribution is 2.25. The number of aryl methyl sites for hydroxylation is 1. The minimum Gasteiger partial charge on any atom is -0.465 e. The van der Waals surface area contributed by atoms with Gasteiger partial charge in [0.2, 0.25) is 0 Å². The van der Waals surface area contributed by atoms with E-state index in [4.69, 9.17) is 0 Å². The number of hydrogen-bond acceptors (Lipinski definition) is 4. The summed E-state index contributed by atoms with van der Waals surface area (Å²) in [4.78, 5) is 16.0. The molecule has 0 aliphatic heterocycles. The maximum Gasteiger partial charge on any atom is 0.349 e. The number of ether oxygens (including phenoxy) is 1. The van der Waals surface area contributed by atoms with Gasteiger partial charge in [0, 0.05) is 5.56 Å². The second-order valence-electron chi connectivity index (χ2n) is 3.39. The van der Waals surface area contributed by atoms with Gasteiger partial charge < -0.3 is 4.74 Å². The molecular weight excluding hydrogens is 222 g/mol. The minimum atomic E-state index is -0.337. The van der Waals surface area contributed by atoms with Crippen molar-refractivity contribution in [3.8, 4) is 10.6 Å². The zero-order chi connectivity index (χ0) is 11.5. The molecule has 3 nitrogen and oxygen atoms in total. The van der Waals surface area contributed by atoms with Crippen LogP contribution in [0.1, 0.15) is 15.2 Å². The number of benzene rings is 1. The van der Waals surface area contributed by atoms with E-state index >= 15 is 0 Å². The molecule has 1 aromatic heterocycles. The molecule has 1 aromatic carbocycles. The number of thiazole rings is 1. The minimum absolute atomic E-state index is 0.337. The van der Waals surface area contributed by atoms with Crippen LogP contribution in [0.4, 0.5) is 0 Å². The van der Waals surface area contributed by atoms with E-state index in [-0.39, 0.29) is 5.97 Å². The fourth-order valence-corrected chi connectivity index (χ4v) is 2.14. The van der Waals surface area contributed by atoms with E-state index in [9.17, 15) is 4.79 Å². The monoisotopic (exact) mass is 233 g/mol. The maximum atomic E-state index is 11.3. The summed E-state index contributed by atoms with van der Waals surface area (Å²) in [5.41, 5.74) is 2.22. The largest absolute Gasteiger partial charge is 0.465 e. The second kappa shape index (κ2) is 4.45. The molecule has 2 aromatic rings. The van der Waals surface area contributed by atoms with Gasteiger partial charge in [-0.25, -0.2) is 9.78 Å². The topological polar surface area (TPSA) is 39.2 Å². The van der Waals surface area contributed by atoms with Crippen LogP contribution >= 0.6 is 11.3 Å². The van der Waals surface area contributed by atoms with Gasteiger partial charge >= 0.3 is 5.97 Å². The number of carbonyl (C=O) groups is 1. The van der Waals surface area contributed by atoms with Crippen LogP contribution in [0, 0.1) is 6.92 Å². The van der Waals surface area contributed by atoms with Crippen LogP contribution < -0.4 is 0 Å². The average Bonchev–Trinajstić information content (AvgIpc) is 2.78. The fourth-order valence-electron chi connectivity index (χ4n) is 1.30. The van der Waals surface area contributed by atoms with Gasteiger partial charge in [-0.3, -0.25) is 0 Å². The number of nitrogens with zero attached hydrogens (tertiary/aromatic N) is 1. The molecule has 16 heavy (non-hydrogen) atoms. The van der Waals surface area contributed by atoms with Gasteiger partial charge in [-0.15, -0.1) is 11.3 Å².